The van der Waals surface area contributed by atoms with Gasteiger partial charge in [-0.2, -0.15) is 13.9 Å². The number of likely N-dealkylation sites (tertiary alicyclic amines) is 1. The van der Waals surface area contributed by atoms with Crippen molar-refractivity contribution >= 4 is 11.6 Å². The van der Waals surface area contributed by atoms with E-state index in [4.69, 9.17) is 9.84 Å². The van der Waals surface area contributed by atoms with E-state index in [1.165, 1.54) is 6.07 Å². The predicted molar refractivity (Wildman–Crippen MR) is 110 cm³/mol. The van der Waals surface area contributed by atoms with Gasteiger partial charge in [-0.1, -0.05) is 30.3 Å². The summed E-state index contributed by atoms with van der Waals surface area (Å²) in [6, 6.07) is 14.6. The lowest BCUT2D eigenvalue weighted by molar-refractivity contribution is -0.158. The molecular weight excluding hydrogens is 404 g/mol. The summed E-state index contributed by atoms with van der Waals surface area (Å²) in [7, 11) is 0. The van der Waals surface area contributed by atoms with Crippen LogP contribution in [0.3, 0.4) is 0 Å². The van der Waals surface area contributed by atoms with Gasteiger partial charge in [-0.15, -0.1) is 0 Å². The van der Waals surface area contributed by atoms with Crippen LogP contribution in [0.2, 0.25) is 0 Å². The first-order chi connectivity index (χ1) is 14.9. The zero-order valence-corrected chi connectivity index (χ0v) is 17.1. The SMILES string of the molecule is CC(=O)N1CCC2(CC1)Oc1ccccc1C1CC(c3cccc(OC(F)F)c3)=NN12. The maximum atomic E-state index is 12.7. The Labute approximate surface area is 179 Å². The molecule has 2 aromatic carbocycles. The van der Waals surface area contributed by atoms with Gasteiger partial charge in [0.1, 0.15) is 11.5 Å². The summed E-state index contributed by atoms with van der Waals surface area (Å²) in [5.41, 5.74) is 1.98. The number of carbonyl (C=O) groups excluding carboxylic acids is 1. The molecule has 6 nitrogen and oxygen atoms in total. The molecule has 1 saturated heterocycles. The van der Waals surface area contributed by atoms with E-state index in [1.54, 1.807) is 19.1 Å². The van der Waals surface area contributed by atoms with E-state index < -0.39 is 12.3 Å². The molecule has 3 aliphatic heterocycles. The van der Waals surface area contributed by atoms with Crippen LogP contribution in [0.25, 0.3) is 0 Å². The fourth-order valence-corrected chi connectivity index (χ4v) is 4.76. The Balaban J connectivity index is 1.50. The highest BCUT2D eigenvalue weighted by atomic mass is 19.3. The summed E-state index contributed by atoms with van der Waals surface area (Å²) in [5.74, 6) is 1.01. The van der Waals surface area contributed by atoms with Gasteiger partial charge in [0, 0.05) is 50.4 Å². The normalized spacial score (nSPS) is 21.4. The van der Waals surface area contributed by atoms with E-state index in [9.17, 15) is 13.6 Å². The van der Waals surface area contributed by atoms with Crippen LogP contribution >= 0.6 is 0 Å². The Hall–Kier alpha value is -3.16. The summed E-state index contributed by atoms with van der Waals surface area (Å²) < 4.78 is 36.4. The molecule has 31 heavy (non-hydrogen) atoms. The third-order valence-electron chi connectivity index (χ3n) is 6.29. The van der Waals surface area contributed by atoms with Gasteiger partial charge in [-0.05, 0) is 18.2 Å². The minimum atomic E-state index is -2.87. The zero-order chi connectivity index (χ0) is 21.6. The number of rotatable bonds is 3. The van der Waals surface area contributed by atoms with Crippen molar-refractivity contribution in [3.05, 3.63) is 59.7 Å². The van der Waals surface area contributed by atoms with Crippen LogP contribution in [0.5, 0.6) is 11.5 Å². The van der Waals surface area contributed by atoms with E-state index in [-0.39, 0.29) is 17.7 Å². The molecule has 2 aromatic rings. The number of benzene rings is 2. The molecule has 0 saturated carbocycles. The van der Waals surface area contributed by atoms with E-state index in [0.29, 0.717) is 32.4 Å². The number of amides is 1. The fourth-order valence-electron chi connectivity index (χ4n) is 4.76. The van der Waals surface area contributed by atoms with Gasteiger partial charge in [0.05, 0.1) is 11.8 Å². The first-order valence-corrected chi connectivity index (χ1v) is 10.4. The van der Waals surface area contributed by atoms with Crippen molar-refractivity contribution in [2.24, 2.45) is 5.10 Å². The number of halogens is 2. The van der Waals surface area contributed by atoms with Crippen LogP contribution in [-0.4, -0.2) is 47.0 Å². The third kappa shape index (κ3) is 3.49. The molecule has 0 N–H and O–H groups in total. The average molecular weight is 427 g/mol. The molecule has 0 radical (unpaired) electrons. The minimum Gasteiger partial charge on any atom is -0.466 e. The van der Waals surface area contributed by atoms with Crippen LogP contribution in [0.4, 0.5) is 8.78 Å². The molecule has 1 unspecified atom stereocenters. The number of hydrazone groups is 1. The highest BCUT2D eigenvalue weighted by Gasteiger charge is 2.52. The summed E-state index contributed by atoms with van der Waals surface area (Å²) in [6.45, 7) is -0.0903. The Morgan fingerprint density at radius 3 is 2.71 bits per heavy atom. The highest BCUT2D eigenvalue weighted by Crippen LogP contribution is 2.50. The largest absolute Gasteiger partial charge is 0.466 e. The van der Waals surface area contributed by atoms with Gasteiger partial charge in [0.25, 0.3) is 0 Å². The molecule has 3 aliphatic rings. The van der Waals surface area contributed by atoms with Crippen LogP contribution < -0.4 is 9.47 Å². The fraction of sp³-hybridized carbons (Fsp3) is 0.391. The second-order valence-corrected chi connectivity index (χ2v) is 8.11. The zero-order valence-electron chi connectivity index (χ0n) is 17.1. The lowest BCUT2D eigenvalue weighted by Gasteiger charge is -2.51. The van der Waals surface area contributed by atoms with E-state index in [2.05, 4.69) is 4.74 Å². The van der Waals surface area contributed by atoms with Gasteiger partial charge < -0.3 is 14.4 Å². The standard InChI is InChI=1S/C23H23F2N3O3/c1-15(29)27-11-9-23(10-12-27)28-20(18-7-2-3-8-21(18)31-23)14-19(26-28)16-5-4-6-17(13-16)30-22(24)25/h2-8,13,20,22H,9-12,14H2,1H3. The molecule has 5 rings (SSSR count). The monoisotopic (exact) mass is 427 g/mol. The first kappa shape index (κ1) is 19.8. The molecule has 1 spiro atoms. The highest BCUT2D eigenvalue weighted by molar-refractivity contribution is 6.02. The molecular formula is C23H23F2N3O3. The van der Waals surface area contributed by atoms with Crippen LogP contribution in [-0.2, 0) is 4.79 Å². The van der Waals surface area contributed by atoms with E-state index in [1.807, 2.05) is 40.2 Å². The lowest BCUT2D eigenvalue weighted by Crippen LogP contribution is -2.59. The van der Waals surface area contributed by atoms with Crippen molar-refractivity contribution in [2.75, 3.05) is 13.1 Å². The molecule has 0 aliphatic carbocycles. The van der Waals surface area contributed by atoms with Gasteiger partial charge >= 0.3 is 6.61 Å². The number of piperidine rings is 1. The second-order valence-electron chi connectivity index (χ2n) is 8.11. The second kappa shape index (κ2) is 7.51. The molecule has 3 heterocycles. The van der Waals surface area contributed by atoms with E-state index >= 15 is 0 Å². The number of fused-ring (bicyclic) bond motifs is 4. The summed E-state index contributed by atoms with van der Waals surface area (Å²) in [4.78, 5) is 13.6. The van der Waals surface area contributed by atoms with Crippen molar-refractivity contribution in [1.29, 1.82) is 0 Å². The van der Waals surface area contributed by atoms with Gasteiger partial charge in [-0.3, -0.25) is 4.79 Å². The van der Waals surface area contributed by atoms with Crippen LogP contribution in [0.1, 0.15) is 43.4 Å². The van der Waals surface area contributed by atoms with Gasteiger partial charge in [-0.25, -0.2) is 5.01 Å². The van der Waals surface area contributed by atoms with Crippen LogP contribution in [0, 0.1) is 0 Å². The predicted octanol–water partition coefficient (Wildman–Crippen LogP) is 4.17. The Morgan fingerprint density at radius 1 is 1.19 bits per heavy atom. The van der Waals surface area contributed by atoms with Crippen molar-refractivity contribution in [3.8, 4) is 11.5 Å². The first-order valence-electron chi connectivity index (χ1n) is 10.4. The Bertz CT molecular complexity index is 1030. The maximum Gasteiger partial charge on any atom is 0.387 e. The van der Waals surface area contributed by atoms with Crippen molar-refractivity contribution in [2.45, 2.75) is 44.6 Å². The smallest absolute Gasteiger partial charge is 0.387 e. The molecule has 8 heteroatoms. The summed E-state index contributed by atoms with van der Waals surface area (Å²) >= 11 is 0. The van der Waals surface area contributed by atoms with Crippen molar-refractivity contribution in [3.63, 3.8) is 0 Å². The average Bonchev–Trinajstić information content (AvgIpc) is 3.21. The number of nitrogens with zero attached hydrogens (tertiary/aromatic N) is 3. The number of ether oxygens (including phenoxy) is 2. The number of hydrogen-bond donors (Lipinski definition) is 0. The van der Waals surface area contributed by atoms with Crippen molar-refractivity contribution < 1.29 is 23.0 Å². The molecule has 1 atom stereocenters. The van der Waals surface area contributed by atoms with Crippen LogP contribution in [0.15, 0.2) is 53.6 Å². The Morgan fingerprint density at radius 2 is 1.97 bits per heavy atom. The molecule has 162 valence electrons. The number of hydrogen-bond acceptors (Lipinski definition) is 5. The summed E-state index contributed by atoms with van der Waals surface area (Å²) in [5, 5.41) is 6.96. The Kier molecular flexibility index (Phi) is 4.79. The molecule has 0 bridgehead atoms. The maximum absolute atomic E-state index is 12.7. The van der Waals surface area contributed by atoms with Gasteiger partial charge in [0.2, 0.25) is 11.6 Å². The molecule has 1 amide bonds. The quantitative estimate of drug-likeness (QED) is 0.738. The summed E-state index contributed by atoms with van der Waals surface area (Å²) in [6.07, 6.45) is 1.92. The van der Waals surface area contributed by atoms with Crippen molar-refractivity contribution in [1.82, 2.24) is 9.91 Å². The number of para-hydroxylation sites is 1. The number of carbonyl (C=O) groups is 1. The molecule has 0 aromatic heterocycles. The molecule has 1 fully saturated rings. The number of alkyl halides is 2. The van der Waals surface area contributed by atoms with Gasteiger partial charge in [0.15, 0.2) is 0 Å². The lowest BCUT2D eigenvalue weighted by atomic mass is 9.90. The topological polar surface area (TPSA) is 54.4 Å². The minimum absolute atomic E-state index is 0.0106. The third-order valence-corrected chi connectivity index (χ3v) is 6.29. The van der Waals surface area contributed by atoms with E-state index in [0.717, 1.165) is 22.6 Å².